The molecule has 0 radical (unpaired) electrons. The van der Waals surface area contributed by atoms with Crippen LogP contribution in [0.5, 0.6) is 0 Å². The average Bonchev–Trinajstić information content (AvgIpc) is 3.43. The molecular formula is C25H26F3N7O5. The quantitative estimate of drug-likeness (QED) is 0.407. The summed E-state index contributed by atoms with van der Waals surface area (Å²) in [6.45, 7) is 7.03. The van der Waals surface area contributed by atoms with Gasteiger partial charge in [0.25, 0.3) is 5.91 Å². The zero-order valence-electron chi connectivity index (χ0n) is 21.7. The Kier molecular flexibility index (Phi) is 7.50. The molecule has 1 fully saturated rings. The van der Waals surface area contributed by atoms with Crippen LogP contribution in [0.4, 0.5) is 19.0 Å². The number of anilines is 1. The predicted molar refractivity (Wildman–Crippen MR) is 133 cm³/mol. The molecule has 12 nitrogen and oxygen atoms in total. The number of nitrogens with one attached hydrogen (secondary N) is 2. The number of aliphatic carboxylic acids is 1. The Hall–Kier alpha value is -4.56. The summed E-state index contributed by atoms with van der Waals surface area (Å²) in [4.78, 5) is 47.1. The predicted octanol–water partition coefficient (Wildman–Crippen LogP) is 2.43. The number of rotatable bonds is 4. The summed E-state index contributed by atoms with van der Waals surface area (Å²) >= 11 is 0. The average molecular weight is 562 g/mol. The Morgan fingerprint density at radius 3 is 2.45 bits per heavy atom. The topological polar surface area (TPSA) is 159 Å². The van der Waals surface area contributed by atoms with Crippen molar-refractivity contribution in [3.05, 3.63) is 52.8 Å². The number of halogens is 3. The van der Waals surface area contributed by atoms with E-state index < -0.39 is 24.1 Å². The van der Waals surface area contributed by atoms with E-state index in [9.17, 15) is 27.6 Å². The zero-order chi connectivity index (χ0) is 29.4. The Morgan fingerprint density at radius 2 is 1.82 bits per heavy atom. The molecule has 212 valence electrons. The first-order valence-electron chi connectivity index (χ1n) is 12.2. The summed E-state index contributed by atoms with van der Waals surface area (Å²) in [6, 6.07) is 8.84. The number of hydrogen-bond donors (Lipinski definition) is 3. The molecule has 2 aliphatic heterocycles. The van der Waals surface area contributed by atoms with Crippen LogP contribution in [-0.4, -0.2) is 65.7 Å². The number of piperidine rings is 1. The zero-order valence-corrected chi connectivity index (χ0v) is 21.7. The summed E-state index contributed by atoms with van der Waals surface area (Å²) in [5, 5.41) is 25.8. The molecule has 2 aliphatic rings. The molecule has 15 heteroatoms. The van der Waals surface area contributed by atoms with Crippen molar-refractivity contribution in [1.29, 1.82) is 0 Å². The fourth-order valence-corrected chi connectivity index (χ4v) is 4.26. The van der Waals surface area contributed by atoms with Gasteiger partial charge in [-0.05, 0) is 35.7 Å². The molecule has 1 saturated heterocycles. The van der Waals surface area contributed by atoms with E-state index in [2.05, 4.69) is 46.7 Å². The van der Waals surface area contributed by atoms with Crippen LogP contribution in [0.3, 0.4) is 0 Å². The molecular weight excluding hydrogens is 535 g/mol. The molecule has 3 N–H and O–H groups in total. The number of amides is 3. The van der Waals surface area contributed by atoms with Gasteiger partial charge in [0.1, 0.15) is 11.9 Å². The van der Waals surface area contributed by atoms with Gasteiger partial charge in [-0.1, -0.05) is 32.9 Å². The maximum Gasteiger partial charge on any atom is 0.490 e. The van der Waals surface area contributed by atoms with Gasteiger partial charge in [0.15, 0.2) is 11.5 Å². The van der Waals surface area contributed by atoms with Crippen LogP contribution in [0, 0.1) is 0 Å². The number of carbonyl (C=O) groups excluding carboxylic acids is 3. The Balaban J connectivity index is 0.000000470. The van der Waals surface area contributed by atoms with Crippen LogP contribution in [0.15, 0.2) is 30.3 Å². The number of fused-ring (bicyclic) bond motifs is 2. The second kappa shape index (κ2) is 10.5. The molecule has 0 bridgehead atoms. The first-order chi connectivity index (χ1) is 18.6. The molecule has 0 spiro atoms. The van der Waals surface area contributed by atoms with Crippen molar-refractivity contribution in [3.8, 4) is 0 Å². The largest absolute Gasteiger partial charge is 0.490 e. The Labute approximate surface area is 225 Å². The molecule has 1 unspecified atom stereocenters. The van der Waals surface area contributed by atoms with E-state index in [1.165, 1.54) is 0 Å². The van der Waals surface area contributed by atoms with Crippen molar-refractivity contribution in [2.75, 3.05) is 5.32 Å². The van der Waals surface area contributed by atoms with Gasteiger partial charge in [-0.25, -0.2) is 4.79 Å². The van der Waals surface area contributed by atoms with Gasteiger partial charge >= 0.3 is 12.1 Å². The third kappa shape index (κ3) is 6.02. The van der Waals surface area contributed by atoms with Crippen molar-refractivity contribution in [1.82, 2.24) is 30.0 Å². The number of carbonyl (C=O) groups is 4. The van der Waals surface area contributed by atoms with Crippen molar-refractivity contribution < 1.29 is 37.5 Å². The minimum absolute atomic E-state index is 0.180. The molecule has 1 atom stereocenters. The SMILES string of the molecule is CC(C)(C)c1nnc2ccc(NCc3ccc4c(c3)C(=O)N(C3CCC(=O)NC3=O)C4)nn12.O=C(O)C(F)(F)F. The lowest BCUT2D eigenvalue weighted by atomic mass is 9.96. The number of carboxylic acids is 1. The molecule has 0 aliphatic carbocycles. The van der Waals surface area contributed by atoms with E-state index in [-0.39, 0.29) is 23.7 Å². The minimum atomic E-state index is -5.08. The fraction of sp³-hybridized carbons (Fsp3) is 0.400. The number of imide groups is 1. The van der Waals surface area contributed by atoms with Crippen LogP contribution in [0.25, 0.3) is 5.65 Å². The maximum atomic E-state index is 13.0. The van der Waals surface area contributed by atoms with E-state index in [0.717, 1.165) is 17.0 Å². The van der Waals surface area contributed by atoms with Crippen LogP contribution in [0.2, 0.25) is 0 Å². The molecule has 3 amide bonds. The normalized spacial score (nSPS) is 17.3. The van der Waals surface area contributed by atoms with Crippen molar-refractivity contribution in [2.24, 2.45) is 0 Å². The highest BCUT2D eigenvalue weighted by Crippen LogP contribution is 2.28. The second-order valence-electron chi connectivity index (χ2n) is 10.3. The van der Waals surface area contributed by atoms with E-state index in [0.29, 0.717) is 36.5 Å². The highest BCUT2D eigenvalue weighted by atomic mass is 19.4. The molecule has 3 aromatic rings. The van der Waals surface area contributed by atoms with Crippen molar-refractivity contribution >= 4 is 35.2 Å². The van der Waals surface area contributed by atoms with E-state index in [1.54, 1.807) is 9.42 Å². The molecule has 4 heterocycles. The summed E-state index contributed by atoms with van der Waals surface area (Å²) in [7, 11) is 0. The smallest absolute Gasteiger partial charge is 0.475 e. The molecule has 1 aromatic carbocycles. The Morgan fingerprint density at radius 1 is 1.12 bits per heavy atom. The number of hydrogen-bond acceptors (Lipinski definition) is 8. The van der Waals surface area contributed by atoms with E-state index in [1.807, 2.05) is 30.3 Å². The van der Waals surface area contributed by atoms with Crippen molar-refractivity contribution in [3.63, 3.8) is 0 Å². The third-order valence-corrected chi connectivity index (χ3v) is 6.24. The van der Waals surface area contributed by atoms with E-state index in [4.69, 9.17) is 9.90 Å². The lowest BCUT2D eigenvalue weighted by molar-refractivity contribution is -0.192. The van der Waals surface area contributed by atoms with Crippen LogP contribution >= 0.6 is 0 Å². The second-order valence-corrected chi connectivity index (χ2v) is 10.3. The summed E-state index contributed by atoms with van der Waals surface area (Å²) < 4.78 is 33.5. The summed E-state index contributed by atoms with van der Waals surface area (Å²) in [6.07, 6.45) is -4.49. The highest BCUT2D eigenvalue weighted by Gasteiger charge is 2.39. The Bertz CT molecular complexity index is 1500. The molecule has 5 rings (SSSR count). The first-order valence-corrected chi connectivity index (χ1v) is 12.2. The molecule has 40 heavy (non-hydrogen) atoms. The number of carboxylic acid groups (broad SMARTS) is 1. The summed E-state index contributed by atoms with van der Waals surface area (Å²) in [5.74, 6) is -2.18. The lowest BCUT2D eigenvalue weighted by Crippen LogP contribution is -2.52. The first kappa shape index (κ1) is 28.4. The fourth-order valence-electron chi connectivity index (χ4n) is 4.26. The van der Waals surface area contributed by atoms with E-state index >= 15 is 0 Å². The highest BCUT2D eigenvalue weighted by molar-refractivity contribution is 6.05. The molecule has 2 aromatic heterocycles. The van der Waals surface area contributed by atoms with Crippen molar-refractivity contribution in [2.45, 2.75) is 64.3 Å². The van der Waals surface area contributed by atoms with Gasteiger partial charge in [-0.15, -0.1) is 15.3 Å². The van der Waals surface area contributed by atoms with Crippen LogP contribution in [-0.2, 0) is 32.9 Å². The molecule has 0 saturated carbocycles. The van der Waals surface area contributed by atoms with Gasteiger partial charge in [0.05, 0.1) is 0 Å². The van der Waals surface area contributed by atoms with Gasteiger partial charge in [-0.3, -0.25) is 19.7 Å². The standard InChI is InChI=1S/C23H25N7O3.C2HF3O2/c1-23(2,3)22-27-26-18-8-7-17(28-30(18)22)24-11-13-4-5-14-12-29(21(33)15(14)10-13)16-6-9-19(31)25-20(16)32;3-2(4,5)1(6)7/h4-5,7-8,10,16H,6,9,11-12H2,1-3H3,(H,24,28)(H,25,31,32);(H,6,7). The monoisotopic (exact) mass is 561 g/mol. The van der Waals surface area contributed by atoms with Crippen LogP contribution < -0.4 is 10.6 Å². The minimum Gasteiger partial charge on any atom is -0.475 e. The summed E-state index contributed by atoms with van der Waals surface area (Å²) in [5.41, 5.74) is 2.89. The third-order valence-electron chi connectivity index (χ3n) is 6.24. The number of aromatic nitrogens is 4. The van der Waals surface area contributed by atoms with Gasteiger partial charge in [0.2, 0.25) is 11.8 Å². The van der Waals surface area contributed by atoms with Gasteiger partial charge < -0.3 is 15.3 Å². The van der Waals surface area contributed by atoms with Crippen LogP contribution in [0.1, 0.15) is 60.9 Å². The lowest BCUT2D eigenvalue weighted by Gasteiger charge is -2.29. The number of benzene rings is 1. The van der Waals surface area contributed by atoms with Gasteiger partial charge in [0, 0.05) is 30.5 Å². The number of nitrogens with zero attached hydrogens (tertiary/aromatic N) is 5. The van der Waals surface area contributed by atoms with Gasteiger partial charge in [-0.2, -0.15) is 17.7 Å². The number of alkyl halides is 3. The maximum absolute atomic E-state index is 13.0.